The Morgan fingerprint density at radius 2 is 1.68 bits per heavy atom. The number of rotatable bonds is 6. The van der Waals surface area contributed by atoms with Crippen molar-refractivity contribution in [3.63, 3.8) is 0 Å². The number of benzene rings is 3. The first-order valence-electron chi connectivity index (χ1n) is 9.82. The van der Waals surface area contributed by atoms with E-state index in [9.17, 15) is 9.59 Å². The van der Waals surface area contributed by atoms with Crippen LogP contribution in [0.15, 0.2) is 72.8 Å². The topological polar surface area (TPSA) is 49.4 Å². The number of hydrogen-bond acceptors (Lipinski definition) is 3. The summed E-state index contributed by atoms with van der Waals surface area (Å²) in [7, 11) is 0. The second-order valence-electron chi connectivity index (χ2n) is 7.22. The van der Waals surface area contributed by atoms with Crippen LogP contribution in [0.2, 0.25) is 10.0 Å². The van der Waals surface area contributed by atoms with Crippen LogP contribution >= 0.6 is 35.0 Å². The molecule has 1 atom stereocenters. The number of nitrogens with one attached hydrogen (secondary N) is 1. The van der Waals surface area contributed by atoms with Crippen molar-refractivity contribution in [1.82, 2.24) is 4.90 Å². The fourth-order valence-electron chi connectivity index (χ4n) is 3.49. The summed E-state index contributed by atoms with van der Waals surface area (Å²) in [6.07, 6.45) is 0.812. The Labute approximate surface area is 195 Å². The van der Waals surface area contributed by atoms with Gasteiger partial charge in [-0.3, -0.25) is 9.59 Å². The van der Waals surface area contributed by atoms with Crippen molar-refractivity contribution in [3.05, 3.63) is 99.5 Å². The van der Waals surface area contributed by atoms with Crippen LogP contribution in [-0.2, 0) is 11.2 Å². The van der Waals surface area contributed by atoms with Crippen LogP contribution in [0.5, 0.6) is 0 Å². The Kier molecular flexibility index (Phi) is 6.86. The molecule has 0 aliphatic carbocycles. The van der Waals surface area contributed by atoms with Gasteiger partial charge in [-0.05, 0) is 47.9 Å². The average Bonchev–Trinajstić information content (AvgIpc) is 3.12. The van der Waals surface area contributed by atoms with Crippen molar-refractivity contribution in [1.29, 1.82) is 0 Å². The average molecular weight is 471 g/mol. The molecule has 7 heteroatoms. The molecule has 1 saturated heterocycles. The van der Waals surface area contributed by atoms with Crippen molar-refractivity contribution in [3.8, 4) is 0 Å². The number of hydrogen-bond donors (Lipinski definition) is 1. The number of halogens is 2. The van der Waals surface area contributed by atoms with Gasteiger partial charge in [0.05, 0.1) is 5.75 Å². The summed E-state index contributed by atoms with van der Waals surface area (Å²) in [6.45, 7) is 0.665. The summed E-state index contributed by atoms with van der Waals surface area (Å²) in [5.41, 5.74) is 3.27. The summed E-state index contributed by atoms with van der Waals surface area (Å²) in [4.78, 5) is 26.9. The highest BCUT2D eigenvalue weighted by Gasteiger charge is 2.32. The van der Waals surface area contributed by atoms with Crippen LogP contribution in [0.4, 0.5) is 5.69 Å². The van der Waals surface area contributed by atoms with E-state index >= 15 is 0 Å². The van der Waals surface area contributed by atoms with Crippen LogP contribution in [0.25, 0.3) is 0 Å². The first kappa shape index (κ1) is 21.8. The quantitative estimate of drug-likeness (QED) is 0.475. The smallest absolute Gasteiger partial charge is 0.255 e. The van der Waals surface area contributed by atoms with E-state index in [2.05, 4.69) is 17.4 Å². The van der Waals surface area contributed by atoms with Gasteiger partial charge in [-0.25, -0.2) is 0 Å². The minimum atomic E-state index is -0.249. The lowest BCUT2D eigenvalue weighted by Crippen LogP contribution is -2.30. The predicted octanol–water partition coefficient (Wildman–Crippen LogP) is 6.06. The van der Waals surface area contributed by atoms with E-state index in [1.807, 2.05) is 35.2 Å². The molecule has 1 N–H and O–H groups in total. The lowest BCUT2D eigenvalue weighted by molar-refractivity contribution is -0.128. The summed E-state index contributed by atoms with van der Waals surface area (Å²) in [5, 5.41) is 3.67. The highest BCUT2D eigenvalue weighted by molar-refractivity contribution is 8.00. The first-order valence-corrected chi connectivity index (χ1v) is 11.6. The van der Waals surface area contributed by atoms with Crippen LogP contribution in [0, 0.1) is 0 Å². The molecule has 0 spiro atoms. The normalized spacial score (nSPS) is 15.9. The summed E-state index contributed by atoms with van der Waals surface area (Å²) in [6, 6.07) is 22.4. The van der Waals surface area contributed by atoms with Gasteiger partial charge in [0, 0.05) is 27.8 Å². The van der Waals surface area contributed by atoms with Gasteiger partial charge in [0.2, 0.25) is 5.91 Å². The van der Waals surface area contributed by atoms with Gasteiger partial charge in [0.25, 0.3) is 5.91 Å². The maximum absolute atomic E-state index is 12.6. The monoisotopic (exact) mass is 470 g/mol. The van der Waals surface area contributed by atoms with E-state index in [0.717, 1.165) is 12.0 Å². The zero-order valence-corrected chi connectivity index (χ0v) is 18.9. The van der Waals surface area contributed by atoms with E-state index < -0.39 is 0 Å². The molecular weight excluding hydrogens is 451 g/mol. The van der Waals surface area contributed by atoms with Gasteiger partial charge >= 0.3 is 0 Å². The van der Waals surface area contributed by atoms with E-state index in [4.69, 9.17) is 23.2 Å². The van der Waals surface area contributed by atoms with E-state index in [-0.39, 0.29) is 17.2 Å². The highest BCUT2D eigenvalue weighted by Crippen LogP contribution is 2.38. The third-order valence-corrected chi connectivity index (χ3v) is 6.72. The Balaban J connectivity index is 1.43. The Morgan fingerprint density at radius 3 is 2.35 bits per heavy atom. The number of carbonyl (C=O) groups is 2. The molecule has 0 bridgehead atoms. The van der Waals surface area contributed by atoms with Gasteiger partial charge in [0.15, 0.2) is 0 Å². The Hall–Kier alpha value is -2.47. The molecule has 1 fully saturated rings. The van der Waals surface area contributed by atoms with Gasteiger partial charge in [-0.1, -0.05) is 65.7 Å². The molecule has 3 aromatic rings. The van der Waals surface area contributed by atoms with Crippen molar-refractivity contribution in [2.24, 2.45) is 0 Å². The third-order valence-electron chi connectivity index (χ3n) is 5.03. The predicted molar refractivity (Wildman–Crippen MR) is 128 cm³/mol. The van der Waals surface area contributed by atoms with Crippen LogP contribution < -0.4 is 5.32 Å². The van der Waals surface area contributed by atoms with E-state index in [1.54, 1.807) is 42.1 Å². The molecule has 0 saturated carbocycles. The first-order chi connectivity index (χ1) is 15.0. The summed E-state index contributed by atoms with van der Waals surface area (Å²) >= 11 is 13.6. The lowest BCUT2D eigenvalue weighted by Gasteiger charge is -2.24. The molecule has 3 aromatic carbocycles. The molecule has 0 unspecified atom stereocenters. The minimum Gasteiger partial charge on any atom is -0.326 e. The fraction of sp³-hybridized carbons (Fsp3) is 0.167. The molecule has 1 aliphatic heterocycles. The van der Waals surface area contributed by atoms with E-state index in [1.165, 1.54) is 5.56 Å². The maximum Gasteiger partial charge on any atom is 0.255 e. The minimum absolute atomic E-state index is 0.0416. The molecule has 0 aromatic heterocycles. The SMILES string of the molecule is O=C(Nc1cc(Cl)cc(Cl)c1)c1ccc([C@@H]2SCC(=O)N2CCc2ccccc2)cc1. The fourth-order valence-corrected chi connectivity index (χ4v) is 5.24. The zero-order chi connectivity index (χ0) is 21.8. The standard InChI is InChI=1S/C24H20Cl2N2O2S/c25-19-12-20(26)14-21(13-19)27-23(30)17-6-8-18(9-7-17)24-28(22(29)15-31-24)11-10-16-4-2-1-3-5-16/h1-9,12-14,24H,10-11,15H2,(H,27,30)/t24-/m0/s1. The van der Waals surface area contributed by atoms with Crippen LogP contribution in [-0.4, -0.2) is 29.0 Å². The molecule has 158 valence electrons. The summed E-state index contributed by atoms with van der Waals surface area (Å²) in [5.74, 6) is 0.364. The van der Waals surface area contributed by atoms with Gasteiger partial charge in [-0.2, -0.15) is 0 Å². The second kappa shape index (κ2) is 9.77. The van der Waals surface area contributed by atoms with Gasteiger partial charge in [-0.15, -0.1) is 11.8 Å². The summed E-state index contributed by atoms with van der Waals surface area (Å²) < 4.78 is 0. The van der Waals surface area contributed by atoms with Crippen LogP contribution in [0.3, 0.4) is 0 Å². The number of anilines is 1. The molecule has 1 heterocycles. The molecule has 1 aliphatic rings. The number of thioether (sulfide) groups is 1. The maximum atomic E-state index is 12.6. The van der Waals surface area contributed by atoms with Crippen molar-refractivity contribution >= 4 is 52.5 Å². The van der Waals surface area contributed by atoms with Crippen molar-refractivity contribution in [2.45, 2.75) is 11.8 Å². The van der Waals surface area contributed by atoms with Crippen LogP contribution in [0.1, 0.15) is 26.9 Å². The molecular formula is C24H20Cl2N2O2S. The third kappa shape index (κ3) is 5.42. The second-order valence-corrected chi connectivity index (χ2v) is 9.16. The number of amides is 2. The number of carbonyl (C=O) groups excluding carboxylic acids is 2. The Bertz CT molecular complexity index is 1070. The molecule has 4 rings (SSSR count). The zero-order valence-electron chi connectivity index (χ0n) is 16.6. The molecule has 31 heavy (non-hydrogen) atoms. The van der Waals surface area contributed by atoms with Gasteiger partial charge < -0.3 is 10.2 Å². The van der Waals surface area contributed by atoms with Crippen molar-refractivity contribution < 1.29 is 9.59 Å². The highest BCUT2D eigenvalue weighted by atomic mass is 35.5. The largest absolute Gasteiger partial charge is 0.326 e. The van der Waals surface area contributed by atoms with Gasteiger partial charge in [0.1, 0.15) is 5.37 Å². The lowest BCUT2D eigenvalue weighted by atomic mass is 10.1. The molecule has 2 amide bonds. The molecule has 0 radical (unpaired) electrons. The Morgan fingerprint density at radius 1 is 1.00 bits per heavy atom. The van der Waals surface area contributed by atoms with E-state index in [0.29, 0.717) is 33.6 Å². The molecule has 4 nitrogen and oxygen atoms in total. The number of nitrogens with zero attached hydrogens (tertiary/aromatic N) is 1. The van der Waals surface area contributed by atoms with Crippen molar-refractivity contribution in [2.75, 3.05) is 17.6 Å².